The number of anilines is 1. The molecule has 0 saturated carbocycles. The number of nitro groups is 1. The van der Waals surface area contributed by atoms with Gasteiger partial charge in [-0.2, -0.15) is 0 Å². The number of nitrogens with zero attached hydrogens (tertiary/aromatic N) is 2. The fourth-order valence-electron chi connectivity index (χ4n) is 2.83. The van der Waals surface area contributed by atoms with E-state index in [-0.39, 0.29) is 11.6 Å². The van der Waals surface area contributed by atoms with E-state index in [1.54, 1.807) is 42.5 Å². The van der Waals surface area contributed by atoms with Crippen molar-refractivity contribution in [2.24, 2.45) is 0 Å². The van der Waals surface area contributed by atoms with E-state index in [4.69, 9.17) is 39.8 Å². The van der Waals surface area contributed by atoms with Crippen LogP contribution in [0, 0.1) is 10.1 Å². The third kappa shape index (κ3) is 3.99. The minimum Gasteiger partial charge on any atom is -0.457 e. The Kier molecular flexibility index (Phi) is 5.66. The second-order valence-corrected chi connectivity index (χ2v) is 8.64. The summed E-state index contributed by atoms with van der Waals surface area (Å²) in [5.74, 6) is 0.443. The van der Waals surface area contributed by atoms with Gasteiger partial charge in [0, 0.05) is 28.8 Å². The highest BCUT2D eigenvalue weighted by Gasteiger charge is 2.33. The lowest BCUT2D eigenvalue weighted by Gasteiger charge is -2.14. The molecule has 1 aliphatic heterocycles. The maximum Gasteiger partial charge on any atom is 0.270 e. The van der Waals surface area contributed by atoms with Gasteiger partial charge in [-0.25, -0.2) is 0 Å². The van der Waals surface area contributed by atoms with Gasteiger partial charge in [0.2, 0.25) is 0 Å². The Morgan fingerprint density at radius 1 is 1.13 bits per heavy atom. The van der Waals surface area contributed by atoms with Crippen molar-refractivity contribution >= 4 is 74.9 Å². The predicted molar refractivity (Wildman–Crippen MR) is 123 cm³/mol. The van der Waals surface area contributed by atoms with Crippen molar-refractivity contribution in [3.05, 3.63) is 85.4 Å². The number of thioether (sulfide) groups is 1. The molecule has 0 unspecified atom stereocenters. The lowest BCUT2D eigenvalue weighted by atomic mass is 10.1. The Morgan fingerprint density at radius 2 is 1.93 bits per heavy atom. The number of benzene rings is 2. The molecule has 0 bridgehead atoms. The number of non-ortho nitro benzene ring substituents is 1. The smallest absolute Gasteiger partial charge is 0.270 e. The van der Waals surface area contributed by atoms with Crippen molar-refractivity contribution in [1.82, 2.24) is 0 Å². The van der Waals surface area contributed by atoms with Crippen LogP contribution in [0.15, 0.2) is 63.9 Å². The standard InChI is InChI=1S/C20H10Cl2N2O4S2/c21-11-2-1-3-12(8-11)23-19(25)18(30-20(23)29)10-14-5-7-17(28-14)15-9-13(24(26)27)4-6-16(15)22/h1-10H/b18-10+. The summed E-state index contributed by atoms with van der Waals surface area (Å²) in [5.41, 5.74) is 0.864. The fourth-order valence-corrected chi connectivity index (χ4v) is 4.50. The molecule has 150 valence electrons. The van der Waals surface area contributed by atoms with E-state index in [1.165, 1.54) is 23.1 Å². The van der Waals surface area contributed by atoms with Crippen LogP contribution in [0.4, 0.5) is 11.4 Å². The van der Waals surface area contributed by atoms with E-state index in [1.807, 2.05) is 0 Å². The molecule has 0 N–H and O–H groups in total. The highest BCUT2D eigenvalue weighted by Crippen LogP contribution is 2.38. The number of hydrogen-bond donors (Lipinski definition) is 0. The van der Waals surface area contributed by atoms with E-state index in [0.29, 0.717) is 42.0 Å². The lowest BCUT2D eigenvalue weighted by molar-refractivity contribution is -0.384. The molecule has 6 nitrogen and oxygen atoms in total. The second-order valence-electron chi connectivity index (χ2n) is 6.12. The molecule has 3 aromatic rings. The molecule has 10 heteroatoms. The molecule has 1 amide bonds. The molecule has 1 saturated heterocycles. The molecule has 1 aromatic heterocycles. The number of hydrogen-bond acceptors (Lipinski definition) is 6. The molecule has 0 spiro atoms. The first-order valence-electron chi connectivity index (χ1n) is 8.41. The summed E-state index contributed by atoms with van der Waals surface area (Å²) in [6, 6.07) is 14.2. The molecule has 1 aliphatic rings. The molecule has 1 fully saturated rings. The van der Waals surface area contributed by atoms with Gasteiger partial charge in [0.25, 0.3) is 11.6 Å². The maximum absolute atomic E-state index is 12.9. The Morgan fingerprint density at radius 3 is 2.67 bits per heavy atom. The van der Waals surface area contributed by atoms with Crippen molar-refractivity contribution in [3.8, 4) is 11.3 Å². The number of carbonyl (C=O) groups is 1. The van der Waals surface area contributed by atoms with Crippen LogP contribution in [-0.4, -0.2) is 15.2 Å². The Bertz CT molecular complexity index is 1240. The molecular weight excluding hydrogens is 467 g/mol. The minimum atomic E-state index is -0.509. The second kappa shape index (κ2) is 8.23. The van der Waals surface area contributed by atoms with Crippen molar-refractivity contribution in [1.29, 1.82) is 0 Å². The number of rotatable bonds is 4. The van der Waals surface area contributed by atoms with E-state index in [0.717, 1.165) is 11.8 Å². The van der Waals surface area contributed by atoms with Gasteiger partial charge in [0.1, 0.15) is 11.5 Å². The minimum absolute atomic E-state index is 0.102. The van der Waals surface area contributed by atoms with E-state index < -0.39 is 4.92 Å². The van der Waals surface area contributed by atoms with Crippen LogP contribution >= 0.6 is 47.2 Å². The maximum atomic E-state index is 12.9. The van der Waals surface area contributed by atoms with Crippen molar-refractivity contribution < 1.29 is 14.1 Å². The average molecular weight is 477 g/mol. The third-order valence-electron chi connectivity index (χ3n) is 4.19. The zero-order chi connectivity index (χ0) is 21.4. The molecule has 0 atom stereocenters. The van der Waals surface area contributed by atoms with Gasteiger partial charge >= 0.3 is 0 Å². The zero-order valence-electron chi connectivity index (χ0n) is 14.9. The molecular formula is C20H10Cl2N2O4S2. The van der Waals surface area contributed by atoms with Gasteiger partial charge in [0.15, 0.2) is 4.32 Å². The van der Waals surface area contributed by atoms with Crippen LogP contribution in [0.25, 0.3) is 17.4 Å². The van der Waals surface area contributed by atoms with E-state index in [2.05, 4.69) is 0 Å². The highest BCUT2D eigenvalue weighted by molar-refractivity contribution is 8.27. The zero-order valence-corrected chi connectivity index (χ0v) is 18.0. The van der Waals surface area contributed by atoms with E-state index in [9.17, 15) is 14.9 Å². The summed E-state index contributed by atoms with van der Waals surface area (Å²) in [6.45, 7) is 0. The number of carbonyl (C=O) groups excluding carboxylic acids is 1. The normalized spacial score (nSPS) is 15.3. The lowest BCUT2D eigenvalue weighted by Crippen LogP contribution is -2.27. The molecule has 2 heterocycles. The number of nitro benzene ring substituents is 1. The van der Waals surface area contributed by atoms with E-state index >= 15 is 0 Å². The van der Waals surface area contributed by atoms with Gasteiger partial charge in [-0.15, -0.1) is 0 Å². The van der Waals surface area contributed by atoms with Crippen LogP contribution < -0.4 is 4.90 Å². The van der Waals surface area contributed by atoms with Gasteiger partial charge in [-0.3, -0.25) is 19.8 Å². The quantitative estimate of drug-likeness (QED) is 0.183. The Hall–Kier alpha value is -2.65. The van der Waals surface area contributed by atoms with Crippen LogP contribution in [0.3, 0.4) is 0 Å². The van der Waals surface area contributed by atoms with Gasteiger partial charge in [0.05, 0.1) is 20.5 Å². The summed E-state index contributed by atoms with van der Waals surface area (Å²) in [7, 11) is 0. The molecule has 2 aromatic carbocycles. The summed E-state index contributed by atoms with van der Waals surface area (Å²) >= 11 is 18.7. The van der Waals surface area contributed by atoms with Crippen molar-refractivity contribution in [2.45, 2.75) is 0 Å². The van der Waals surface area contributed by atoms with Gasteiger partial charge in [-0.05, 0) is 36.4 Å². The largest absolute Gasteiger partial charge is 0.457 e. The highest BCUT2D eigenvalue weighted by atomic mass is 35.5. The number of thiocarbonyl (C=S) groups is 1. The van der Waals surface area contributed by atoms with Crippen LogP contribution in [-0.2, 0) is 4.79 Å². The fraction of sp³-hybridized carbons (Fsp3) is 0. The van der Waals surface area contributed by atoms with Crippen molar-refractivity contribution in [3.63, 3.8) is 0 Å². The molecule has 4 rings (SSSR count). The van der Waals surface area contributed by atoms with Crippen LogP contribution in [0.2, 0.25) is 10.0 Å². The third-order valence-corrected chi connectivity index (χ3v) is 6.05. The summed E-state index contributed by atoms with van der Waals surface area (Å²) < 4.78 is 6.14. The Labute approximate surface area is 190 Å². The topological polar surface area (TPSA) is 76.6 Å². The van der Waals surface area contributed by atoms with Gasteiger partial charge < -0.3 is 4.42 Å². The monoisotopic (exact) mass is 476 g/mol. The Balaban J connectivity index is 1.64. The van der Waals surface area contributed by atoms with Crippen molar-refractivity contribution in [2.75, 3.05) is 4.90 Å². The average Bonchev–Trinajstić information content (AvgIpc) is 3.26. The summed E-state index contributed by atoms with van der Waals surface area (Å²) in [6.07, 6.45) is 1.57. The van der Waals surface area contributed by atoms with Crippen LogP contribution in [0.1, 0.15) is 5.76 Å². The summed E-state index contributed by atoms with van der Waals surface area (Å²) in [4.78, 5) is 25.1. The first-order valence-corrected chi connectivity index (χ1v) is 10.4. The summed E-state index contributed by atoms with van der Waals surface area (Å²) in [5, 5.41) is 11.8. The number of halogens is 2. The first kappa shape index (κ1) is 20.6. The van der Waals surface area contributed by atoms with Gasteiger partial charge in [-0.1, -0.05) is 53.2 Å². The number of furan rings is 1. The number of amides is 1. The molecule has 30 heavy (non-hydrogen) atoms. The van der Waals surface area contributed by atoms with Crippen LogP contribution in [0.5, 0.6) is 0 Å². The predicted octanol–water partition coefficient (Wildman–Crippen LogP) is 6.57. The molecule has 0 radical (unpaired) electrons. The first-order chi connectivity index (χ1) is 14.3. The molecule has 0 aliphatic carbocycles. The SMILES string of the molecule is O=C1/C(=C\c2ccc(-c3cc([N+](=O)[O-])ccc3Cl)o2)SC(=S)N1c1cccc(Cl)c1.